The predicted molar refractivity (Wildman–Crippen MR) is 58.7 cm³/mol. The van der Waals surface area contributed by atoms with Gasteiger partial charge in [0.1, 0.15) is 5.69 Å². The Morgan fingerprint density at radius 2 is 2.19 bits per heavy atom. The molecule has 2 rings (SSSR count). The molecule has 1 heterocycles. The topological polar surface area (TPSA) is 59.3 Å². The molecule has 1 aliphatic carbocycles. The number of Topliss-reactive ketones (excluding diaryl/α,β-unsaturated/α-hetero) is 1. The molecule has 0 aromatic carbocycles. The molecular formula is C12H15NO3. The number of hydrogen-bond acceptors (Lipinski definition) is 2. The molecule has 1 fully saturated rings. The van der Waals surface area contributed by atoms with Crippen LogP contribution in [0.25, 0.3) is 0 Å². The van der Waals surface area contributed by atoms with E-state index in [4.69, 9.17) is 5.11 Å². The van der Waals surface area contributed by atoms with E-state index in [1.807, 2.05) is 0 Å². The van der Waals surface area contributed by atoms with E-state index in [0.717, 1.165) is 12.3 Å². The minimum absolute atomic E-state index is 0.0901. The Kier molecular flexibility index (Phi) is 2.81. The van der Waals surface area contributed by atoms with Crippen molar-refractivity contribution in [3.63, 3.8) is 0 Å². The first-order valence-electron chi connectivity index (χ1n) is 5.52. The first kappa shape index (κ1) is 10.9. The fraction of sp³-hybridized carbons (Fsp3) is 0.500. The van der Waals surface area contributed by atoms with Gasteiger partial charge in [0, 0.05) is 18.3 Å². The molecule has 0 spiro atoms. The van der Waals surface area contributed by atoms with Crippen molar-refractivity contribution in [2.75, 3.05) is 0 Å². The molecule has 1 saturated carbocycles. The molecule has 1 aromatic heterocycles. The van der Waals surface area contributed by atoms with Gasteiger partial charge in [0.2, 0.25) is 0 Å². The number of carbonyl (C=O) groups excluding carboxylic acids is 1. The van der Waals surface area contributed by atoms with Crippen LogP contribution in [0.2, 0.25) is 0 Å². The molecule has 4 nitrogen and oxygen atoms in total. The zero-order valence-electron chi connectivity index (χ0n) is 9.27. The van der Waals surface area contributed by atoms with Crippen molar-refractivity contribution in [1.82, 2.24) is 4.57 Å². The molecule has 0 bridgehead atoms. The van der Waals surface area contributed by atoms with E-state index in [-0.39, 0.29) is 11.5 Å². The molecule has 0 aliphatic heterocycles. The third-order valence-corrected chi connectivity index (χ3v) is 3.00. The normalized spacial score (nSPS) is 15.1. The van der Waals surface area contributed by atoms with E-state index in [2.05, 4.69) is 0 Å². The number of hydrogen-bond donors (Lipinski definition) is 1. The highest BCUT2D eigenvalue weighted by molar-refractivity contribution is 5.97. The number of aryl methyl sites for hydroxylation is 1. The summed E-state index contributed by atoms with van der Waals surface area (Å²) < 4.78 is 1.68. The maximum atomic E-state index is 11.2. The van der Waals surface area contributed by atoms with Crippen LogP contribution in [0.1, 0.15) is 47.0 Å². The van der Waals surface area contributed by atoms with Gasteiger partial charge >= 0.3 is 5.97 Å². The monoisotopic (exact) mass is 221 g/mol. The number of carboxylic acid groups (broad SMARTS) is 1. The number of ketones is 1. The van der Waals surface area contributed by atoms with Gasteiger partial charge in [0.05, 0.1) is 0 Å². The van der Waals surface area contributed by atoms with Crippen LogP contribution in [0.5, 0.6) is 0 Å². The van der Waals surface area contributed by atoms with Gasteiger partial charge < -0.3 is 9.67 Å². The third kappa shape index (κ3) is 2.32. The van der Waals surface area contributed by atoms with E-state index < -0.39 is 5.97 Å². The van der Waals surface area contributed by atoms with Crippen molar-refractivity contribution in [3.05, 3.63) is 23.5 Å². The first-order chi connectivity index (χ1) is 7.58. The smallest absolute Gasteiger partial charge is 0.352 e. The fourth-order valence-electron chi connectivity index (χ4n) is 1.80. The highest BCUT2D eigenvalue weighted by Gasteiger charge is 2.22. The lowest BCUT2D eigenvalue weighted by Crippen LogP contribution is -2.07. The quantitative estimate of drug-likeness (QED) is 0.775. The summed E-state index contributed by atoms with van der Waals surface area (Å²) in [5, 5.41) is 9.01. The van der Waals surface area contributed by atoms with Crippen LogP contribution < -0.4 is 0 Å². The molecule has 0 atom stereocenters. The summed E-state index contributed by atoms with van der Waals surface area (Å²) in [4.78, 5) is 22.2. The summed E-state index contributed by atoms with van der Waals surface area (Å²) in [6.45, 7) is 2.14. The second kappa shape index (κ2) is 4.12. The molecule has 0 amide bonds. The zero-order chi connectivity index (χ0) is 11.7. The van der Waals surface area contributed by atoms with Gasteiger partial charge in [-0.1, -0.05) is 12.8 Å². The van der Waals surface area contributed by atoms with Crippen LogP contribution in [0.15, 0.2) is 12.3 Å². The van der Waals surface area contributed by atoms with Gasteiger partial charge in [0.15, 0.2) is 5.78 Å². The number of nitrogens with zero attached hydrogens (tertiary/aromatic N) is 1. The number of carbonyl (C=O) groups is 2. The van der Waals surface area contributed by atoms with Gasteiger partial charge in [-0.3, -0.25) is 4.79 Å². The van der Waals surface area contributed by atoms with Crippen LogP contribution in [0.3, 0.4) is 0 Å². The lowest BCUT2D eigenvalue weighted by Gasteiger charge is -2.04. The van der Waals surface area contributed by atoms with E-state index >= 15 is 0 Å². The number of aromatic nitrogens is 1. The standard InChI is InChI=1S/C12H15NO3/c1-8(14)10-6-11(12(15)16)13(7-10)5-4-9-2-3-9/h6-7,9H,2-5H2,1H3,(H,15,16). The second-order valence-electron chi connectivity index (χ2n) is 4.40. The lowest BCUT2D eigenvalue weighted by atomic mass is 10.2. The van der Waals surface area contributed by atoms with Gasteiger partial charge in [-0.15, -0.1) is 0 Å². The van der Waals surface area contributed by atoms with Crippen LogP contribution in [0, 0.1) is 5.92 Å². The van der Waals surface area contributed by atoms with Crippen LogP contribution in [-0.2, 0) is 6.54 Å². The number of aromatic carboxylic acids is 1. The molecule has 0 radical (unpaired) electrons. The highest BCUT2D eigenvalue weighted by atomic mass is 16.4. The molecule has 1 aliphatic rings. The Hall–Kier alpha value is -1.58. The van der Waals surface area contributed by atoms with Crippen molar-refractivity contribution in [1.29, 1.82) is 0 Å². The van der Waals surface area contributed by atoms with Gasteiger partial charge in [-0.2, -0.15) is 0 Å². The zero-order valence-corrected chi connectivity index (χ0v) is 9.27. The average Bonchev–Trinajstić information content (AvgIpc) is 2.92. The average molecular weight is 221 g/mol. The van der Waals surface area contributed by atoms with Gasteiger partial charge in [0.25, 0.3) is 0 Å². The molecule has 0 unspecified atom stereocenters. The Morgan fingerprint density at radius 3 is 2.69 bits per heavy atom. The van der Waals surface area contributed by atoms with Gasteiger partial charge in [-0.25, -0.2) is 4.79 Å². The lowest BCUT2D eigenvalue weighted by molar-refractivity contribution is 0.0684. The summed E-state index contributed by atoms with van der Waals surface area (Å²) in [6.07, 6.45) is 5.16. The van der Waals surface area contributed by atoms with E-state index in [0.29, 0.717) is 12.1 Å². The molecule has 86 valence electrons. The first-order valence-corrected chi connectivity index (χ1v) is 5.52. The maximum Gasteiger partial charge on any atom is 0.352 e. The van der Waals surface area contributed by atoms with Crippen LogP contribution >= 0.6 is 0 Å². The third-order valence-electron chi connectivity index (χ3n) is 3.00. The number of rotatable bonds is 5. The molecular weight excluding hydrogens is 206 g/mol. The maximum absolute atomic E-state index is 11.2. The Labute approximate surface area is 93.9 Å². The molecule has 1 aromatic rings. The van der Waals surface area contributed by atoms with Crippen molar-refractivity contribution in [2.45, 2.75) is 32.7 Å². The summed E-state index contributed by atoms with van der Waals surface area (Å²) in [5.41, 5.74) is 0.694. The fourth-order valence-corrected chi connectivity index (χ4v) is 1.80. The SMILES string of the molecule is CC(=O)c1cc(C(=O)O)n(CCC2CC2)c1. The van der Waals surface area contributed by atoms with E-state index in [1.165, 1.54) is 25.8 Å². The Morgan fingerprint density at radius 1 is 1.50 bits per heavy atom. The molecule has 1 N–H and O–H groups in total. The Bertz CT molecular complexity index is 429. The van der Waals surface area contributed by atoms with Crippen LogP contribution in [-0.4, -0.2) is 21.4 Å². The predicted octanol–water partition coefficient (Wildman–Crippen LogP) is 2.19. The largest absolute Gasteiger partial charge is 0.477 e. The molecule has 4 heteroatoms. The van der Waals surface area contributed by atoms with Gasteiger partial charge in [-0.05, 0) is 25.3 Å². The molecule has 16 heavy (non-hydrogen) atoms. The van der Waals surface area contributed by atoms with Crippen molar-refractivity contribution >= 4 is 11.8 Å². The van der Waals surface area contributed by atoms with Crippen LogP contribution in [0.4, 0.5) is 0 Å². The molecule has 0 saturated heterocycles. The summed E-state index contributed by atoms with van der Waals surface area (Å²) in [6, 6.07) is 1.46. The van der Waals surface area contributed by atoms with Crippen molar-refractivity contribution in [3.8, 4) is 0 Å². The van der Waals surface area contributed by atoms with Crippen molar-refractivity contribution < 1.29 is 14.7 Å². The van der Waals surface area contributed by atoms with Crippen molar-refractivity contribution in [2.24, 2.45) is 5.92 Å². The summed E-state index contributed by atoms with van der Waals surface area (Å²) in [5.74, 6) is -0.305. The Balaban J connectivity index is 2.18. The second-order valence-corrected chi connectivity index (χ2v) is 4.40. The summed E-state index contributed by atoms with van der Waals surface area (Å²) >= 11 is 0. The van der Waals surface area contributed by atoms with E-state index in [9.17, 15) is 9.59 Å². The summed E-state index contributed by atoms with van der Waals surface area (Å²) in [7, 11) is 0. The highest BCUT2D eigenvalue weighted by Crippen LogP contribution is 2.33. The number of carboxylic acids is 1. The minimum atomic E-state index is -0.969. The minimum Gasteiger partial charge on any atom is -0.477 e. The van der Waals surface area contributed by atoms with E-state index in [1.54, 1.807) is 10.8 Å².